The first-order valence-electron chi connectivity index (χ1n) is 7.12. The maximum atomic E-state index is 12.0. The van der Waals surface area contributed by atoms with Gasteiger partial charge >= 0.3 is 5.82 Å². The van der Waals surface area contributed by atoms with Crippen molar-refractivity contribution in [3.8, 4) is 5.75 Å². The van der Waals surface area contributed by atoms with E-state index in [0.29, 0.717) is 5.69 Å². The Morgan fingerprint density at radius 2 is 2.04 bits per heavy atom. The number of ether oxygens (including phenoxy) is 1. The molecule has 26 heavy (non-hydrogen) atoms. The van der Waals surface area contributed by atoms with Crippen LogP contribution in [-0.2, 0) is 14.6 Å². The average Bonchev–Trinajstić information content (AvgIpc) is 2.54. The maximum Gasteiger partial charge on any atom is 0.406 e. The number of aryl methyl sites for hydroxylation is 1. The Balaban J connectivity index is 2.12. The van der Waals surface area contributed by atoms with Gasteiger partial charge in [0, 0.05) is 13.2 Å². The molecule has 0 saturated carbocycles. The summed E-state index contributed by atoms with van der Waals surface area (Å²) in [6.45, 7) is 1.03. The molecule has 11 heteroatoms. The van der Waals surface area contributed by atoms with Gasteiger partial charge in [-0.2, -0.15) is 0 Å². The van der Waals surface area contributed by atoms with Crippen molar-refractivity contribution < 1.29 is 22.9 Å². The number of pyridine rings is 1. The summed E-state index contributed by atoms with van der Waals surface area (Å²) in [5.41, 5.74) is 0.512. The van der Waals surface area contributed by atoms with E-state index in [2.05, 4.69) is 10.3 Å². The zero-order valence-electron chi connectivity index (χ0n) is 13.7. The molecule has 1 aromatic heterocycles. The summed E-state index contributed by atoms with van der Waals surface area (Å²) in [7, 11) is -3.48. The molecule has 0 radical (unpaired) electrons. The molecule has 0 saturated heterocycles. The normalized spacial score (nSPS) is 11.0. The number of hydrogen-bond acceptors (Lipinski definition) is 7. The number of carbonyl (C=O) groups excluding carboxylic acids is 1. The number of anilines is 1. The molecule has 0 aliphatic carbocycles. The van der Waals surface area contributed by atoms with Crippen LogP contribution >= 0.6 is 11.6 Å². The van der Waals surface area contributed by atoms with E-state index in [1.165, 1.54) is 30.3 Å². The summed E-state index contributed by atoms with van der Waals surface area (Å²) in [5, 5.41) is 13.5. The molecule has 0 aliphatic rings. The molecule has 0 unspecified atom stereocenters. The number of carbonyl (C=O) groups is 1. The highest BCUT2D eigenvalue weighted by atomic mass is 35.5. The number of nitrogens with zero attached hydrogens (tertiary/aromatic N) is 2. The van der Waals surface area contributed by atoms with Gasteiger partial charge in [-0.3, -0.25) is 4.79 Å². The molecule has 9 nitrogen and oxygen atoms in total. The van der Waals surface area contributed by atoms with Gasteiger partial charge in [-0.25, -0.2) is 8.42 Å². The lowest BCUT2D eigenvalue weighted by molar-refractivity contribution is -0.390. The predicted molar refractivity (Wildman–Crippen MR) is 94.3 cm³/mol. The second kappa shape index (κ2) is 7.67. The van der Waals surface area contributed by atoms with Crippen LogP contribution in [0.2, 0.25) is 5.02 Å². The zero-order chi connectivity index (χ0) is 19.5. The van der Waals surface area contributed by atoms with Gasteiger partial charge in [-0.15, -0.1) is 0 Å². The molecule has 1 aromatic carbocycles. The summed E-state index contributed by atoms with van der Waals surface area (Å²) in [4.78, 5) is 26.0. The van der Waals surface area contributed by atoms with E-state index >= 15 is 0 Å². The quantitative estimate of drug-likeness (QED) is 0.583. The van der Waals surface area contributed by atoms with Crippen molar-refractivity contribution in [2.75, 3.05) is 18.2 Å². The van der Waals surface area contributed by atoms with Gasteiger partial charge in [-0.05, 0) is 40.2 Å². The van der Waals surface area contributed by atoms with Crippen molar-refractivity contribution in [2.24, 2.45) is 0 Å². The number of benzene rings is 1. The predicted octanol–water partition coefficient (Wildman–Crippen LogP) is 2.37. The van der Waals surface area contributed by atoms with Crippen LogP contribution in [-0.4, -0.2) is 37.1 Å². The first-order valence-corrected chi connectivity index (χ1v) is 9.39. The van der Waals surface area contributed by atoms with Crippen molar-refractivity contribution in [1.82, 2.24) is 4.98 Å². The maximum absolute atomic E-state index is 12.0. The molecular formula is C15H14ClN3O6S. The number of amides is 1. The summed E-state index contributed by atoms with van der Waals surface area (Å²) in [5.74, 6) is -1.34. The van der Waals surface area contributed by atoms with Crippen LogP contribution in [0.3, 0.4) is 0 Å². The van der Waals surface area contributed by atoms with Gasteiger partial charge in [0.1, 0.15) is 5.69 Å². The molecule has 0 spiro atoms. The monoisotopic (exact) mass is 399 g/mol. The molecule has 1 heterocycles. The van der Waals surface area contributed by atoms with E-state index in [-0.39, 0.29) is 21.4 Å². The van der Waals surface area contributed by atoms with Gasteiger partial charge < -0.3 is 20.2 Å². The van der Waals surface area contributed by atoms with Crippen molar-refractivity contribution in [3.63, 3.8) is 0 Å². The van der Waals surface area contributed by atoms with Gasteiger partial charge in [0.2, 0.25) is 5.75 Å². The fourth-order valence-electron chi connectivity index (χ4n) is 1.93. The van der Waals surface area contributed by atoms with E-state index in [0.717, 1.165) is 6.26 Å². The number of rotatable bonds is 6. The lowest BCUT2D eigenvalue weighted by Gasteiger charge is -2.10. The molecule has 2 aromatic rings. The molecular weight excluding hydrogens is 386 g/mol. The molecule has 1 N–H and O–H groups in total. The molecule has 0 bridgehead atoms. The molecule has 0 atom stereocenters. The average molecular weight is 400 g/mol. The number of nitrogens with one attached hydrogen (secondary N) is 1. The van der Waals surface area contributed by atoms with Crippen molar-refractivity contribution in [3.05, 3.63) is 51.2 Å². The third-order valence-electron chi connectivity index (χ3n) is 3.15. The minimum absolute atomic E-state index is 0.0171. The van der Waals surface area contributed by atoms with E-state index in [9.17, 15) is 23.3 Å². The third kappa shape index (κ3) is 4.90. The van der Waals surface area contributed by atoms with Crippen molar-refractivity contribution in [2.45, 2.75) is 11.8 Å². The largest absolute Gasteiger partial charge is 0.476 e. The second-order valence-electron chi connectivity index (χ2n) is 5.28. The van der Waals surface area contributed by atoms with Crippen molar-refractivity contribution in [1.29, 1.82) is 0 Å². The zero-order valence-corrected chi connectivity index (χ0v) is 15.3. The molecule has 0 fully saturated rings. The Hall–Kier alpha value is -2.72. The topological polar surface area (TPSA) is 128 Å². The standard InChI is InChI=1S/C15H14ClN3O6S/c1-9-3-6-13(15(17-9)19(21)22)25-8-14(20)18-12-7-10(26(2,23)24)4-5-11(12)16/h3-7H,8H2,1-2H3,(H,18,20). The minimum atomic E-state index is -3.48. The summed E-state index contributed by atoms with van der Waals surface area (Å²) in [6.07, 6.45) is 1.02. The lowest BCUT2D eigenvalue weighted by atomic mass is 10.3. The third-order valence-corrected chi connectivity index (χ3v) is 4.59. The smallest absolute Gasteiger partial charge is 0.406 e. The van der Waals surface area contributed by atoms with Crippen LogP contribution in [0.4, 0.5) is 11.5 Å². The first kappa shape index (κ1) is 19.6. The van der Waals surface area contributed by atoms with Gasteiger partial charge in [0.05, 0.1) is 15.6 Å². The molecule has 2 rings (SSSR count). The molecule has 138 valence electrons. The SMILES string of the molecule is Cc1ccc(OCC(=O)Nc2cc(S(C)(=O)=O)ccc2Cl)c([N+](=O)[O-])n1. The highest BCUT2D eigenvalue weighted by Gasteiger charge is 2.19. The van der Waals surface area contributed by atoms with Crippen LogP contribution in [0, 0.1) is 17.0 Å². The van der Waals surface area contributed by atoms with Crippen LogP contribution in [0.1, 0.15) is 5.69 Å². The number of aromatic nitrogens is 1. The Morgan fingerprint density at radius 1 is 1.35 bits per heavy atom. The van der Waals surface area contributed by atoms with Crippen LogP contribution in [0.25, 0.3) is 0 Å². The highest BCUT2D eigenvalue weighted by molar-refractivity contribution is 7.90. The summed E-state index contributed by atoms with van der Waals surface area (Å²) < 4.78 is 28.3. The van der Waals surface area contributed by atoms with E-state index in [1.807, 2.05) is 0 Å². The van der Waals surface area contributed by atoms with Gasteiger partial charge in [-0.1, -0.05) is 11.6 Å². The van der Waals surface area contributed by atoms with Crippen molar-refractivity contribution >= 4 is 38.9 Å². The van der Waals surface area contributed by atoms with Crippen LogP contribution < -0.4 is 10.1 Å². The lowest BCUT2D eigenvalue weighted by Crippen LogP contribution is -2.21. The highest BCUT2D eigenvalue weighted by Crippen LogP contribution is 2.26. The van der Waals surface area contributed by atoms with E-state index in [4.69, 9.17) is 16.3 Å². The van der Waals surface area contributed by atoms with Gasteiger partial charge in [0.15, 0.2) is 16.4 Å². The van der Waals surface area contributed by atoms with E-state index in [1.54, 1.807) is 6.92 Å². The molecule has 1 amide bonds. The minimum Gasteiger partial charge on any atom is -0.476 e. The Kier molecular flexibility index (Phi) is 5.78. The van der Waals surface area contributed by atoms with Crippen LogP contribution in [0.5, 0.6) is 5.75 Å². The number of sulfone groups is 1. The Morgan fingerprint density at radius 3 is 2.65 bits per heavy atom. The van der Waals surface area contributed by atoms with E-state index < -0.39 is 33.1 Å². The fourth-order valence-corrected chi connectivity index (χ4v) is 2.75. The Labute approximate surface area is 154 Å². The summed E-state index contributed by atoms with van der Waals surface area (Å²) in [6, 6.07) is 6.71. The molecule has 0 aliphatic heterocycles. The number of hydrogen-bond donors (Lipinski definition) is 1. The summed E-state index contributed by atoms with van der Waals surface area (Å²) >= 11 is 5.94. The Bertz CT molecular complexity index is 977. The second-order valence-corrected chi connectivity index (χ2v) is 7.71. The fraction of sp³-hybridized carbons (Fsp3) is 0.200. The van der Waals surface area contributed by atoms with Gasteiger partial charge in [0.25, 0.3) is 5.91 Å². The first-order chi connectivity index (χ1) is 12.1. The number of halogens is 1. The number of nitro groups is 1. The van der Waals surface area contributed by atoms with Crippen LogP contribution in [0.15, 0.2) is 35.2 Å².